The van der Waals surface area contributed by atoms with Crippen molar-refractivity contribution < 1.29 is 4.74 Å². The van der Waals surface area contributed by atoms with Crippen LogP contribution in [0.4, 0.5) is 5.82 Å². The largest absolute Gasteiger partial charge is 0.497 e. The highest BCUT2D eigenvalue weighted by Gasteiger charge is 2.26. The molecule has 172 valence electrons. The van der Waals surface area contributed by atoms with Crippen molar-refractivity contribution >= 4 is 11.5 Å². The van der Waals surface area contributed by atoms with Gasteiger partial charge in [-0.15, -0.1) is 0 Å². The molecule has 2 heterocycles. The monoisotopic (exact) mass is 434 g/mol. The van der Waals surface area contributed by atoms with Crippen molar-refractivity contribution in [1.29, 1.82) is 0 Å². The van der Waals surface area contributed by atoms with E-state index in [9.17, 15) is 0 Å². The van der Waals surface area contributed by atoms with E-state index in [2.05, 4.69) is 49.7 Å². The van der Waals surface area contributed by atoms with Crippen LogP contribution in [0.3, 0.4) is 0 Å². The first-order chi connectivity index (χ1) is 15.6. The maximum Gasteiger partial charge on any atom is 0.165 e. The van der Waals surface area contributed by atoms with E-state index in [1.54, 1.807) is 7.11 Å². The van der Waals surface area contributed by atoms with Gasteiger partial charge in [0, 0.05) is 22.9 Å². The minimum absolute atomic E-state index is 0.487. The fraction of sp³-hybridized carbons (Fsp3) is 0.556. The Morgan fingerprint density at radius 1 is 1.09 bits per heavy atom. The topological polar surface area (TPSA) is 51.5 Å². The van der Waals surface area contributed by atoms with Crippen LogP contribution in [-0.2, 0) is 12.8 Å². The van der Waals surface area contributed by atoms with Gasteiger partial charge in [0.25, 0.3) is 0 Å². The molecule has 0 atom stereocenters. The lowest BCUT2D eigenvalue weighted by atomic mass is 10.0. The molecule has 0 radical (unpaired) electrons. The Kier molecular flexibility index (Phi) is 7.02. The van der Waals surface area contributed by atoms with Gasteiger partial charge in [0.2, 0.25) is 0 Å². The molecule has 32 heavy (non-hydrogen) atoms. The van der Waals surface area contributed by atoms with Gasteiger partial charge in [-0.2, -0.15) is 9.61 Å². The van der Waals surface area contributed by atoms with Gasteiger partial charge in [0.15, 0.2) is 5.65 Å². The normalized spacial score (nSPS) is 13.2. The van der Waals surface area contributed by atoms with E-state index in [-0.39, 0.29) is 0 Å². The zero-order valence-corrected chi connectivity index (χ0v) is 20.4. The number of rotatable bonds is 10. The summed E-state index contributed by atoms with van der Waals surface area (Å²) in [6, 6.07) is 6.76. The molecule has 3 aromatic rings. The number of unbranched alkanes of at least 4 members (excludes halogenated alkanes) is 2. The fourth-order valence-corrected chi connectivity index (χ4v) is 5.03. The average molecular weight is 435 g/mol. The van der Waals surface area contributed by atoms with Gasteiger partial charge >= 0.3 is 0 Å². The number of nitrogens with one attached hydrogen (secondary N) is 1. The summed E-state index contributed by atoms with van der Waals surface area (Å²) >= 11 is 0. The summed E-state index contributed by atoms with van der Waals surface area (Å²) in [4.78, 5) is 5.16. The number of anilines is 1. The highest BCUT2D eigenvalue weighted by molar-refractivity contribution is 5.83. The Morgan fingerprint density at radius 2 is 1.84 bits per heavy atom. The minimum atomic E-state index is 0.487. The van der Waals surface area contributed by atoms with Gasteiger partial charge in [-0.25, -0.2) is 4.98 Å². The van der Waals surface area contributed by atoms with E-state index < -0.39 is 0 Å². The van der Waals surface area contributed by atoms with Gasteiger partial charge < -0.3 is 10.1 Å². The molecule has 0 saturated heterocycles. The molecule has 0 aliphatic heterocycles. The van der Waals surface area contributed by atoms with Crippen LogP contribution < -0.4 is 10.1 Å². The second-order valence-corrected chi connectivity index (χ2v) is 9.24. The van der Waals surface area contributed by atoms with E-state index in [0.29, 0.717) is 6.04 Å². The number of hydrogen-bond donors (Lipinski definition) is 1. The molecule has 5 nitrogen and oxygen atoms in total. The van der Waals surface area contributed by atoms with Crippen LogP contribution in [0.25, 0.3) is 16.8 Å². The summed E-state index contributed by atoms with van der Waals surface area (Å²) in [5.41, 5.74) is 8.13. The molecule has 0 fully saturated rings. The zero-order valence-electron chi connectivity index (χ0n) is 20.4. The summed E-state index contributed by atoms with van der Waals surface area (Å²) in [6.07, 6.45) is 10.7. The summed E-state index contributed by atoms with van der Waals surface area (Å²) in [5.74, 6) is 2.06. The number of aryl methyl sites for hydroxylation is 3. The number of nitrogens with zero attached hydrogens (tertiary/aromatic N) is 3. The molecule has 0 saturated carbocycles. The lowest BCUT2D eigenvalue weighted by Crippen LogP contribution is -2.23. The number of aromatic nitrogens is 3. The second kappa shape index (κ2) is 9.93. The van der Waals surface area contributed by atoms with Crippen LogP contribution in [0.5, 0.6) is 5.75 Å². The minimum Gasteiger partial charge on any atom is -0.497 e. The van der Waals surface area contributed by atoms with Crippen LogP contribution in [0.2, 0.25) is 0 Å². The summed E-state index contributed by atoms with van der Waals surface area (Å²) < 4.78 is 7.53. The van der Waals surface area contributed by atoms with Crippen molar-refractivity contribution in [2.45, 2.75) is 91.5 Å². The molecule has 5 heteroatoms. The molecule has 2 aromatic heterocycles. The second-order valence-electron chi connectivity index (χ2n) is 9.24. The zero-order chi connectivity index (χ0) is 22.7. The first-order valence-corrected chi connectivity index (χ1v) is 12.4. The van der Waals surface area contributed by atoms with E-state index in [1.807, 2.05) is 6.07 Å². The molecule has 0 amide bonds. The van der Waals surface area contributed by atoms with Gasteiger partial charge in [0.05, 0.1) is 12.8 Å². The Labute approximate surface area is 192 Å². The van der Waals surface area contributed by atoms with Crippen LogP contribution in [0.15, 0.2) is 18.2 Å². The standard InChI is InChI=1S/C27H38N4O/c1-6-8-11-20(12-9-7-2)28-26-23-13-10-14-24(23)29-27-25(19(4)30-31(26)27)22-16-15-21(32-5)17-18(22)3/h15-17,20,28H,6-14H2,1-5H3. The van der Waals surface area contributed by atoms with Crippen molar-refractivity contribution in [3.05, 3.63) is 40.7 Å². The number of benzene rings is 1. The highest BCUT2D eigenvalue weighted by atomic mass is 16.5. The number of methoxy groups -OCH3 is 1. The molecular formula is C27H38N4O. The summed E-state index contributed by atoms with van der Waals surface area (Å²) in [6.45, 7) is 8.80. The first kappa shape index (κ1) is 22.6. The molecule has 4 rings (SSSR count). The molecule has 1 aromatic carbocycles. The van der Waals surface area contributed by atoms with Gasteiger partial charge in [0.1, 0.15) is 11.6 Å². The van der Waals surface area contributed by atoms with E-state index in [0.717, 1.165) is 35.5 Å². The average Bonchev–Trinajstić information content (AvgIpc) is 3.39. The van der Waals surface area contributed by atoms with Crippen molar-refractivity contribution in [3.8, 4) is 16.9 Å². The Hall–Kier alpha value is -2.56. The van der Waals surface area contributed by atoms with Gasteiger partial charge in [-0.1, -0.05) is 45.6 Å². The Balaban J connectivity index is 1.83. The molecule has 1 aliphatic rings. The molecule has 0 unspecified atom stereocenters. The van der Waals surface area contributed by atoms with Crippen molar-refractivity contribution in [1.82, 2.24) is 14.6 Å². The highest BCUT2D eigenvalue weighted by Crippen LogP contribution is 2.37. The van der Waals surface area contributed by atoms with Crippen molar-refractivity contribution in [3.63, 3.8) is 0 Å². The third-order valence-electron chi connectivity index (χ3n) is 6.82. The number of ether oxygens (including phenoxy) is 1. The van der Waals surface area contributed by atoms with Crippen LogP contribution in [0, 0.1) is 13.8 Å². The quantitative estimate of drug-likeness (QED) is 0.387. The molecule has 0 spiro atoms. The molecular weight excluding hydrogens is 396 g/mol. The summed E-state index contributed by atoms with van der Waals surface area (Å²) in [5, 5.41) is 8.98. The Morgan fingerprint density at radius 3 is 2.50 bits per heavy atom. The molecule has 1 aliphatic carbocycles. The lowest BCUT2D eigenvalue weighted by molar-refractivity contribution is 0.414. The van der Waals surface area contributed by atoms with Crippen LogP contribution in [-0.4, -0.2) is 27.7 Å². The predicted molar refractivity (Wildman–Crippen MR) is 133 cm³/mol. The van der Waals surface area contributed by atoms with Crippen LogP contribution >= 0.6 is 0 Å². The predicted octanol–water partition coefficient (Wildman–Crippen LogP) is 6.67. The van der Waals surface area contributed by atoms with E-state index in [4.69, 9.17) is 14.8 Å². The van der Waals surface area contributed by atoms with E-state index in [1.165, 1.54) is 73.1 Å². The molecule has 0 bridgehead atoms. The van der Waals surface area contributed by atoms with Gasteiger partial charge in [-0.05, 0) is 69.2 Å². The van der Waals surface area contributed by atoms with Gasteiger partial charge in [-0.3, -0.25) is 0 Å². The number of fused-ring (bicyclic) bond motifs is 2. The fourth-order valence-electron chi connectivity index (χ4n) is 5.03. The SMILES string of the molecule is CCCCC(CCCC)Nc1c2c(nc3c(-c4ccc(OC)cc4C)c(C)nn13)CCC2. The Bertz CT molecular complexity index is 1080. The van der Waals surface area contributed by atoms with Crippen molar-refractivity contribution in [2.24, 2.45) is 0 Å². The number of hydrogen-bond acceptors (Lipinski definition) is 4. The molecule has 1 N–H and O–H groups in total. The smallest absolute Gasteiger partial charge is 0.165 e. The maximum atomic E-state index is 5.43. The third kappa shape index (κ3) is 4.35. The first-order valence-electron chi connectivity index (χ1n) is 12.4. The maximum absolute atomic E-state index is 5.43. The third-order valence-corrected chi connectivity index (χ3v) is 6.82. The lowest BCUT2D eigenvalue weighted by Gasteiger charge is -2.22. The summed E-state index contributed by atoms with van der Waals surface area (Å²) in [7, 11) is 1.71. The van der Waals surface area contributed by atoms with E-state index >= 15 is 0 Å². The van der Waals surface area contributed by atoms with Crippen molar-refractivity contribution in [2.75, 3.05) is 12.4 Å². The van der Waals surface area contributed by atoms with Crippen LogP contribution in [0.1, 0.15) is 81.3 Å².